The summed E-state index contributed by atoms with van der Waals surface area (Å²) in [6.45, 7) is 4.15. The van der Waals surface area contributed by atoms with Crippen molar-refractivity contribution in [2.75, 3.05) is 13.7 Å². The molecule has 1 saturated carbocycles. The minimum absolute atomic E-state index is 0.0830. The molecule has 0 radical (unpaired) electrons. The number of hydrogen-bond donors (Lipinski definition) is 1. The van der Waals surface area contributed by atoms with Crippen LogP contribution in [0.1, 0.15) is 25.5 Å². The molecule has 112 valence electrons. The molecule has 0 bridgehead atoms. The second-order valence-corrected chi connectivity index (χ2v) is 6.41. The van der Waals surface area contributed by atoms with Gasteiger partial charge in [-0.25, -0.2) is 0 Å². The highest BCUT2D eigenvalue weighted by atomic mass is 16.5. The maximum Gasteiger partial charge on any atom is 0.233 e. The summed E-state index contributed by atoms with van der Waals surface area (Å²) in [6, 6.07) is 6.97. The van der Waals surface area contributed by atoms with E-state index in [9.17, 15) is 9.59 Å². The van der Waals surface area contributed by atoms with Crippen LogP contribution in [0.4, 0.5) is 0 Å². The highest BCUT2D eigenvalue weighted by molar-refractivity contribution is 6.10. The number of hydrogen-bond acceptors (Lipinski definition) is 4. The van der Waals surface area contributed by atoms with Crippen molar-refractivity contribution in [3.63, 3.8) is 0 Å². The third-order valence-corrected chi connectivity index (χ3v) is 4.81. The molecule has 21 heavy (non-hydrogen) atoms. The Kier molecular flexibility index (Phi) is 3.06. The summed E-state index contributed by atoms with van der Waals surface area (Å²) in [5.41, 5.74) is 6.80. The summed E-state index contributed by atoms with van der Waals surface area (Å²) in [6.07, 6.45) is 0. The van der Waals surface area contributed by atoms with Crippen LogP contribution in [-0.2, 0) is 9.59 Å². The van der Waals surface area contributed by atoms with E-state index in [0.29, 0.717) is 5.75 Å². The normalized spacial score (nSPS) is 27.5. The van der Waals surface area contributed by atoms with Gasteiger partial charge in [0.05, 0.1) is 25.0 Å². The number of benzene rings is 1. The van der Waals surface area contributed by atoms with Gasteiger partial charge >= 0.3 is 0 Å². The van der Waals surface area contributed by atoms with Crippen molar-refractivity contribution in [2.24, 2.45) is 23.0 Å². The van der Waals surface area contributed by atoms with Crippen LogP contribution in [0.3, 0.4) is 0 Å². The molecule has 5 heteroatoms. The third-order valence-electron chi connectivity index (χ3n) is 4.81. The van der Waals surface area contributed by atoms with Crippen LogP contribution in [0, 0.1) is 17.3 Å². The number of para-hydroxylation sites is 1. The summed E-state index contributed by atoms with van der Waals surface area (Å²) in [5, 5.41) is 0. The van der Waals surface area contributed by atoms with Crippen molar-refractivity contribution in [2.45, 2.75) is 19.9 Å². The Morgan fingerprint density at radius 1 is 1.24 bits per heavy atom. The first-order valence-electron chi connectivity index (χ1n) is 7.13. The van der Waals surface area contributed by atoms with Crippen LogP contribution in [0.15, 0.2) is 24.3 Å². The molecular weight excluding hydrogens is 268 g/mol. The molecule has 0 aromatic heterocycles. The van der Waals surface area contributed by atoms with Gasteiger partial charge in [0.1, 0.15) is 5.75 Å². The van der Waals surface area contributed by atoms with Crippen molar-refractivity contribution >= 4 is 11.8 Å². The van der Waals surface area contributed by atoms with E-state index in [1.165, 1.54) is 4.90 Å². The molecule has 1 aliphatic heterocycles. The average molecular weight is 288 g/mol. The van der Waals surface area contributed by atoms with Crippen molar-refractivity contribution in [1.29, 1.82) is 0 Å². The minimum Gasteiger partial charge on any atom is -0.496 e. The molecule has 3 atom stereocenters. The number of amides is 2. The van der Waals surface area contributed by atoms with Crippen LogP contribution in [0.25, 0.3) is 0 Å². The number of ether oxygens (including phenoxy) is 1. The topological polar surface area (TPSA) is 72.6 Å². The number of carbonyl (C=O) groups excluding carboxylic acids is 2. The second-order valence-electron chi connectivity index (χ2n) is 6.41. The average Bonchev–Trinajstić information content (AvgIpc) is 2.94. The van der Waals surface area contributed by atoms with E-state index >= 15 is 0 Å². The molecule has 1 heterocycles. The molecule has 1 aromatic carbocycles. The monoisotopic (exact) mass is 288 g/mol. The lowest BCUT2D eigenvalue weighted by Gasteiger charge is -2.24. The molecular formula is C16H20N2O3. The van der Waals surface area contributed by atoms with E-state index in [0.717, 1.165) is 5.56 Å². The van der Waals surface area contributed by atoms with Gasteiger partial charge < -0.3 is 10.5 Å². The first-order chi connectivity index (χ1) is 9.89. The predicted molar refractivity (Wildman–Crippen MR) is 77.4 cm³/mol. The first-order valence-corrected chi connectivity index (χ1v) is 7.13. The molecule has 2 aliphatic rings. The van der Waals surface area contributed by atoms with E-state index < -0.39 is 6.04 Å². The van der Waals surface area contributed by atoms with Gasteiger partial charge in [-0.15, -0.1) is 0 Å². The molecule has 2 amide bonds. The zero-order valence-corrected chi connectivity index (χ0v) is 12.5. The Balaban J connectivity index is 1.76. The Morgan fingerprint density at radius 3 is 2.38 bits per heavy atom. The second kappa shape index (κ2) is 4.56. The van der Waals surface area contributed by atoms with E-state index in [4.69, 9.17) is 10.5 Å². The van der Waals surface area contributed by atoms with Gasteiger partial charge in [-0.2, -0.15) is 0 Å². The van der Waals surface area contributed by atoms with Crippen molar-refractivity contribution in [3.8, 4) is 5.75 Å². The fraction of sp³-hybridized carbons (Fsp3) is 0.500. The first kappa shape index (κ1) is 14.1. The largest absolute Gasteiger partial charge is 0.496 e. The molecule has 5 nitrogen and oxygen atoms in total. The van der Waals surface area contributed by atoms with Crippen LogP contribution >= 0.6 is 0 Å². The summed E-state index contributed by atoms with van der Waals surface area (Å²) in [7, 11) is 1.58. The molecule has 1 aromatic rings. The van der Waals surface area contributed by atoms with Gasteiger partial charge in [-0.3, -0.25) is 14.5 Å². The van der Waals surface area contributed by atoms with E-state index in [2.05, 4.69) is 0 Å². The molecule has 1 saturated heterocycles. The van der Waals surface area contributed by atoms with Crippen LogP contribution < -0.4 is 10.5 Å². The lowest BCUT2D eigenvalue weighted by molar-refractivity contribution is -0.143. The van der Waals surface area contributed by atoms with Gasteiger partial charge in [0.2, 0.25) is 11.8 Å². The zero-order valence-electron chi connectivity index (χ0n) is 12.5. The summed E-state index contributed by atoms with van der Waals surface area (Å²) in [4.78, 5) is 25.9. The number of nitrogens with two attached hydrogens (primary N) is 1. The van der Waals surface area contributed by atoms with Crippen molar-refractivity contribution < 1.29 is 14.3 Å². The lowest BCUT2D eigenvalue weighted by Crippen LogP contribution is -2.40. The number of fused-ring (bicyclic) bond motifs is 1. The van der Waals surface area contributed by atoms with Crippen LogP contribution in [0.5, 0.6) is 5.75 Å². The molecule has 2 fully saturated rings. The van der Waals surface area contributed by atoms with Gasteiger partial charge in [-0.05, 0) is 11.5 Å². The Bertz CT molecular complexity index is 587. The summed E-state index contributed by atoms with van der Waals surface area (Å²) >= 11 is 0. The Labute approximate surface area is 124 Å². The number of imide groups is 1. The maximum atomic E-state index is 12.3. The highest BCUT2D eigenvalue weighted by Crippen LogP contribution is 2.63. The van der Waals surface area contributed by atoms with E-state index in [-0.39, 0.29) is 35.6 Å². The summed E-state index contributed by atoms with van der Waals surface area (Å²) in [5.74, 6) is 0.194. The zero-order chi connectivity index (χ0) is 15.4. The van der Waals surface area contributed by atoms with E-state index in [1.54, 1.807) is 7.11 Å². The quantitative estimate of drug-likeness (QED) is 0.849. The molecule has 1 aliphatic carbocycles. The third kappa shape index (κ3) is 1.95. The van der Waals surface area contributed by atoms with Crippen molar-refractivity contribution in [1.82, 2.24) is 4.90 Å². The minimum atomic E-state index is -0.435. The van der Waals surface area contributed by atoms with Crippen LogP contribution in [0.2, 0.25) is 0 Å². The fourth-order valence-electron chi connectivity index (χ4n) is 3.45. The van der Waals surface area contributed by atoms with E-state index in [1.807, 2.05) is 38.1 Å². The fourth-order valence-corrected chi connectivity index (χ4v) is 3.45. The van der Waals surface area contributed by atoms with Gasteiger partial charge in [-0.1, -0.05) is 32.0 Å². The molecule has 0 spiro atoms. The summed E-state index contributed by atoms with van der Waals surface area (Å²) < 4.78 is 5.28. The maximum absolute atomic E-state index is 12.3. The number of rotatable bonds is 4. The Morgan fingerprint density at radius 2 is 1.81 bits per heavy atom. The van der Waals surface area contributed by atoms with Gasteiger partial charge in [0.15, 0.2) is 0 Å². The lowest BCUT2D eigenvalue weighted by atomic mass is 10.0. The number of methoxy groups -OCH3 is 1. The van der Waals surface area contributed by atoms with Gasteiger partial charge in [0.25, 0.3) is 0 Å². The predicted octanol–water partition coefficient (Wildman–Crippen LogP) is 1.34. The molecule has 2 N–H and O–H groups in total. The molecule has 3 unspecified atom stereocenters. The van der Waals surface area contributed by atoms with Crippen molar-refractivity contribution in [3.05, 3.63) is 29.8 Å². The number of carbonyl (C=O) groups is 2. The Hall–Kier alpha value is -1.88. The highest BCUT2D eigenvalue weighted by Gasteiger charge is 2.72. The molecule has 3 rings (SSSR count). The number of piperidine rings is 1. The van der Waals surface area contributed by atoms with Crippen LogP contribution in [-0.4, -0.2) is 30.4 Å². The smallest absolute Gasteiger partial charge is 0.233 e. The number of likely N-dealkylation sites (tertiary alicyclic amines) is 1. The standard InChI is InChI=1S/C16H20N2O3/c1-16(2)12-13(16)15(20)18(14(12)19)8-10(17)9-6-4-5-7-11(9)21-3/h4-7,10,12-13H,8,17H2,1-3H3. The SMILES string of the molecule is COc1ccccc1C(N)CN1C(=O)C2C(C1=O)C2(C)C. The number of nitrogens with zero attached hydrogens (tertiary/aromatic N) is 1. The van der Waals surface area contributed by atoms with Gasteiger partial charge in [0, 0.05) is 12.1 Å².